The molecule has 1 aromatic rings. The Morgan fingerprint density at radius 1 is 1.35 bits per heavy atom. The third kappa shape index (κ3) is 5.26. The van der Waals surface area contributed by atoms with Crippen LogP contribution >= 0.6 is 24.0 Å². The van der Waals surface area contributed by atoms with Crippen molar-refractivity contribution < 1.29 is 5.11 Å². The zero-order valence-electron chi connectivity index (χ0n) is 10.5. The summed E-state index contributed by atoms with van der Waals surface area (Å²) in [6.07, 6.45) is -0.00274. The molecule has 0 unspecified atom stereocenters. The molecule has 0 spiro atoms. The molecule has 4 heteroatoms. The number of nitrogens with two attached hydrogens (primary N) is 1. The smallest absolute Gasteiger partial charge is 0.0805 e. The Kier molecular flexibility index (Phi) is 6.49. The van der Waals surface area contributed by atoms with Gasteiger partial charge >= 0.3 is 0 Å². The predicted octanol–water partition coefficient (Wildman–Crippen LogP) is 3.56. The standard InChI is InChI=1S/C13H20ClNO.ClH/c1-13(2,3)12(15)8-11(16)9-5-4-6-10(14)7-9;/h4-7,11-12,16H,8,15H2,1-3H3;1H/t11-,12-;/m1./s1. The monoisotopic (exact) mass is 277 g/mol. The lowest BCUT2D eigenvalue weighted by Gasteiger charge is -2.29. The van der Waals surface area contributed by atoms with E-state index >= 15 is 0 Å². The van der Waals surface area contributed by atoms with Gasteiger partial charge in [0.15, 0.2) is 0 Å². The van der Waals surface area contributed by atoms with E-state index in [4.69, 9.17) is 17.3 Å². The number of rotatable bonds is 3. The van der Waals surface area contributed by atoms with Crippen LogP contribution in [-0.4, -0.2) is 11.1 Å². The minimum Gasteiger partial charge on any atom is -0.388 e. The van der Waals surface area contributed by atoms with Crippen molar-refractivity contribution in [2.45, 2.75) is 39.3 Å². The number of hydrogen-bond acceptors (Lipinski definition) is 2. The van der Waals surface area contributed by atoms with Gasteiger partial charge in [-0.15, -0.1) is 12.4 Å². The van der Waals surface area contributed by atoms with E-state index in [0.29, 0.717) is 11.4 Å². The van der Waals surface area contributed by atoms with Crippen LogP contribution in [0.4, 0.5) is 0 Å². The van der Waals surface area contributed by atoms with Crippen molar-refractivity contribution in [2.75, 3.05) is 0 Å². The highest BCUT2D eigenvalue weighted by Gasteiger charge is 2.23. The summed E-state index contributed by atoms with van der Waals surface area (Å²) in [6, 6.07) is 7.24. The summed E-state index contributed by atoms with van der Waals surface area (Å²) in [5.74, 6) is 0. The van der Waals surface area contributed by atoms with E-state index in [-0.39, 0.29) is 23.9 Å². The Balaban J connectivity index is 0.00000256. The first-order chi connectivity index (χ1) is 7.30. The number of benzene rings is 1. The van der Waals surface area contributed by atoms with E-state index in [1.165, 1.54) is 0 Å². The fraction of sp³-hybridized carbons (Fsp3) is 0.538. The third-order valence-corrected chi connectivity index (χ3v) is 3.06. The molecule has 0 bridgehead atoms. The van der Waals surface area contributed by atoms with E-state index < -0.39 is 6.10 Å². The molecule has 98 valence electrons. The molecular weight excluding hydrogens is 257 g/mol. The lowest BCUT2D eigenvalue weighted by Crippen LogP contribution is -2.36. The molecule has 3 N–H and O–H groups in total. The van der Waals surface area contributed by atoms with Crippen molar-refractivity contribution in [1.29, 1.82) is 0 Å². The molecule has 0 aliphatic heterocycles. The highest BCUT2D eigenvalue weighted by Crippen LogP contribution is 2.27. The molecule has 17 heavy (non-hydrogen) atoms. The van der Waals surface area contributed by atoms with E-state index in [1.54, 1.807) is 12.1 Å². The summed E-state index contributed by atoms with van der Waals surface area (Å²) in [5, 5.41) is 10.7. The number of aliphatic hydroxyl groups excluding tert-OH is 1. The molecule has 0 aliphatic carbocycles. The van der Waals surface area contributed by atoms with Gasteiger partial charge in [0.2, 0.25) is 0 Å². The van der Waals surface area contributed by atoms with E-state index in [9.17, 15) is 5.11 Å². The third-order valence-electron chi connectivity index (χ3n) is 2.82. The minimum atomic E-state index is -0.548. The van der Waals surface area contributed by atoms with Crippen molar-refractivity contribution in [3.05, 3.63) is 34.9 Å². The highest BCUT2D eigenvalue weighted by molar-refractivity contribution is 6.30. The molecule has 0 aliphatic rings. The van der Waals surface area contributed by atoms with Gasteiger partial charge in [-0.25, -0.2) is 0 Å². The summed E-state index contributed by atoms with van der Waals surface area (Å²) in [5.41, 5.74) is 6.86. The van der Waals surface area contributed by atoms with Crippen LogP contribution in [0.3, 0.4) is 0 Å². The molecule has 0 saturated carbocycles. The molecule has 0 amide bonds. The van der Waals surface area contributed by atoms with Gasteiger partial charge in [-0.2, -0.15) is 0 Å². The van der Waals surface area contributed by atoms with Crippen LogP contribution in [0.1, 0.15) is 38.9 Å². The van der Waals surface area contributed by atoms with Gasteiger partial charge in [-0.3, -0.25) is 0 Å². The van der Waals surface area contributed by atoms with E-state index in [2.05, 4.69) is 20.8 Å². The zero-order valence-corrected chi connectivity index (χ0v) is 12.1. The summed E-state index contributed by atoms with van der Waals surface area (Å²) in [6.45, 7) is 6.22. The van der Waals surface area contributed by atoms with E-state index in [0.717, 1.165) is 5.56 Å². The number of halogens is 2. The molecule has 1 aromatic carbocycles. The largest absolute Gasteiger partial charge is 0.388 e. The second kappa shape index (κ2) is 6.60. The van der Waals surface area contributed by atoms with Crippen LogP contribution in [0.2, 0.25) is 5.02 Å². The SMILES string of the molecule is CC(C)(C)[C@H](N)C[C@@H](O)c1cccc(Cl)c1.Cl. The van der Waals surface area contributed by atoms with Crippen LogP contribution < -0.4 is 5.73 Å². The van der Waals surface area contributed by atoms with Crippen molar-refractivity contribution in [3.63, 3.8) is 0 Å². The predicted molar refractivity (Wildman–Crippen MR) is 75.7 cm³/mol. The first-order valence-electron chi connectivity index (χ1n) is 5.50. The molecule has 1 rings (SSSR count). The topological polar surface area (TPSA) is 46.2 Å². The van der Waals surface area contributed by atoms with Gasteiger partial charge in [0.1, 0.15) is 0 Å². The lowest BCUT2D eigenvalue weighted by atomic mass is 9.83. The summed E-state index contributed by atoms with van der Waals surface area (Å²) < 4.78 is 0. The first kappa shape index (κ1) is 16.7. The van der Waals surface area contributed by atoms with Crippen molar-refractivity contribution in [3.8, 4) is 0 Å². The Labute approximate surface area is 115 Å². The minimum absolute atomic E-state index is 0. The second-order valence-electron chi connectivity index (χ2n) is 5.28. The molecule has 2 atom stereocenters. The summed E-state index contributed by atoms with van der Waals surface area (Å²) >= 11 is 5.87. The van der Waals surface area contributed by atoms with Gasteiger partial charge in [0, 0.05) is 11.1 Å². The molecule has 0 radical (unpaired) electrons. The Morgan fingerprint density at radius 3 is 2.41 bits per heavy atom. The molecule has 2 nitrogen and oxygen atoms in total. The quantitative estimate of drug-likeness (QED) is 0.888. The highest BCUT2D eigenvalue weighted by atomic mass is 35.5. The van der Waals surface area contributed by atoms with E-state index in [1.807, 2.05) is 12.1 Å². The maximum absolute atomic E-state index is 10.0. The first-order valence-corrected chi connectivity index (χ1v) is 5.87. The summed E-state index contributed by atoms with van der Waals surface area (Å²) in [7, 11) is 0. The van der Waals surface area contributed by atoms with Crippen molar-refractivity contribution >= 4 is 24.0 Å². The van der Waals surface area contributed by atoms with Gasteiger partial charge in [-0.1, -0.05) is 44.5 Å². The van der Waals surface area contributed by atoms with Crippen LogP contribution in [0, 0.1) is 5.41 Å². The Hall–Kier alpha value is -0.280. The number of aliphatic hydroxyl groups is 1. The molecular formula is C13H21Cl2NO. The average molecular weight is 278 g/mol. The fourth-order valence-electron chi connectivity index (χ4n) is 1.44. The molecule has 0 aromatic heterocycles. The van der Waals surface area contributed by atoms with Crippen molar-refractivity contribution in [2.24, 2.45) is 11.1 Å². The van der Waals surface area contributed by atoms with Crippen LogP contribution in [0.15, 0.2) is 24.3 Å². The van der Waals surface area contributed by atoms with Gasteiger partial charge in [0.05, 0.1) is 6.10 Å². The maximum atomic E-state index is 10.0. The number of hydrogen-bond donors (Lipinski definition) is 2. The zero-order chi connectivity index (χ0) is 12.3. The second-order valence-corrected chi connectivity index (χ2v) is 5.72. The lowest BCUT2D eigenvalue weighted by molar-refractivity contribution is 0.133. The van der Waals surface area contributed by atoms with Gasteiger partial charge in [-0.05, 0) is 29.5 Å². The molecule has 0 fully saturated rings. The average Bonchev–Trinajstić information content (AvgIpc) is 2.16. The fourth-order valence-corrected chi connectivity index (χ4v) is 1.64. The van der Waals surface area contributed by atoms with Crippen LogP contribution in [0.5, 0.6) is 0 Å². The van der Waals surface area contributed by atoms with Crippen molar-refractivity contribution in [1.82, 2.24) is 0 Å². The Morgan fingerprint density at radius 2 is 1.94 bits per heavy atom. The molecule has 0 heterocycles. The normalized spacial score (nSPS) is 14.9. The Bertz CT molecular complexity index is 350. The summed E-state index contributed by atoms with van der Waals surface area (Å²) in [4.78, 5) is 0. The maximum Gasteiger partial charge on any atom is 0.0805 e. The van der Waals surface area contributed by atoms with Gasteiger partial charge in [0.25, 0.3) is 0 Å². The van der Waals surface area contributed by atoms with Crippen LogP contribution in [0.25, 0.3) is 0 Å². The van der Waals surface area contributed by atoms with Crippen LogP contribution in [-0.2, 0) is 0 Å². The van der Waals surface area contributed by atoms with Gasteiger partial charge < -0.3 is 10.8 Å². The molecule has 0 saturated heterocycles.